The van der Waals surface area contributed by atoms with Crippen LogP contribution in [0.1, 0.15) is 13.8 Å². The summed E-state index contributed by atoms with van der Waals surface area (Å²) in [5.41, 5.74) is 0. The highest BCUT2D eigenvalue weighted by Gasteiger charge is 2.14. The van der Waals surface area contributed by atoms with Crippen LogP contribution in [0.4, 0.5) is 0 Å². The number of quaternary nitrogens is 2. The molecule has 0 spiro atoms. The maximum Gasteiger partial charge on any atom is 0.0971 e. The molecule has 0 N–H and O–H groups in total. The van der Waals surface area contributed by atoms with E-state index in [4.69, 9.17) is 17.5 Å². The zero-order valence-electron chi connectivity index (χ0n) is 16.3. The van der Waals surface area contributed by atoms with Gasteiger partial charge in [-0.15, -0.1) is 0 Å². The third kappa shape index (κ3) is 22.8. The first kappa shape index (κ1) is 28.5. The monoisotopic (exact) mass is 376 g/mol. The minimum absolute atomic E-state index is 1.02. The molecule has 0 amide bonds. The Balaban J connectivity index is -0.000000308. The quantitative estimate of drug-likeness (QED) is 0.254. The van der Waals surface area contributed by atoms with Crippen LogP contribution in [-0.2, 0) is 10.4 Å². The summed E-state index contributed by atoms with van der Waals surface area (Å²) in [5.74, 6) is 0. The first-order chi connectivity index (χ1) is 11.4. The molecule has 0 aromatic carbocycles. The number of rotatable bonds is 10. The maximum atomic E-state index is 8.52. The molecule has 0 aromatic heterocycles. The molecule has 0 unspecified atom stereocenters. The van der Waals surface area contributed by atoms with E-state index in [9.17, 15) is 0 Å². The molecule has 0 aliphatic rings. The van der Waals surface area contributed by atoms with Gasteiger partial charge in [0.25, 0.3) is 0 Å². The summed E-state index contributed by atoms with van der Waals surface area (Å²) in [6.07, 6.45) is 7.86. The molecule has 7 heteroatoms. The van der Waals surface area contributed by atoms with E-state index in [1.807, 2.05) is 24.3 Å². The van der Waals surface area contributed by atoms with Crippen molar-refractivity contribution in [2.45, 2.75) is 13.8 Å². The third-order valence-electron chi connectivity index (χ3n) is 3.81. The normalized spacial score (nSPS) is 11.1. The van der Waals surface area contributed by atoms with Crippen molar-refractivity contribution in [2.24, 2.45) is 0 Å². The van der Waals surface area contributed by atoms with Crippen LogP contribution in [0, 0.1) is 0 Å². The van der Waals surface area contributed by atoms with Crippen molar-refractivity contribution >= 4 is 10.4 Å². The average molecular weight is 377 g/mol. The van der Waals surface area contributed by atoms with Gasteiger partial charge in [-0.3, -0.25) is 8.42 Å². The first-order valence-corrected chi connectivity index (χ1v) is 9.47. The van der Waals surface area contributed by atoms with Gasteiger partial charge in [0.05, 0.1) is 53.4 Å². The summed E-state index contributed by atoms with van der Waals surface area (Å²) in [7, 11) is -0.743. The van der Waals surface area contributed by atoms with Gasteiger partial charge in [-0.1, -0.05) is 26.3 Å². The highest BCUT2D eigenvalue weighted by Crippen LogP contribution is 2.01. The summed E-state index contributed by atoms with van der Waals surface area (Å²) in [6.45, 7) is 25.7. The van der Waals surface area contributed by atoms with Gasteiger partial charge in [-0.2, -0.15) is 0 Å². The topological polar surface area (TPSA) is 80.3 Å². The highest BCUT2D eigenvalue weighted by molar-refractivity contribution is 7.79. The second-order valence-corrected chi connectivity index (χ2v) is 6.98. The predicted molar refractivity (Wildman–Crippen MR) is 104 cm³/mol. The molecule has 0 fully saturated rings. The molecular weight excluding hydrogens is 340 g/mol. The summed E-state index contributed by atoms with van der Waals surface area (Å²) >= 11 is 0. The number of hydrogen-bond acceptors (Lipinski definition) is 4. The lowest BCUT2D eigenvalue weighted by atomic mass is 10.3. The lowest BCUT2D eigenvalue weighted by molar-refractivity contribution is -0.896. The number of likely N-dealkylation sites (N-methyl/N-ethyl adjacent to an activating group) is 2. The van der Waals surface area contributed by atoms with Crippen molar-refractivity contribution in [1.29, 1.82) is 0 Å². The van der Waals surface area contributed by atoms with Crippen LogP contribution in [-0.4, -0.2) is 79.9 Å². The van der Waals surface area contributed by atoms with Gasteiger partial charge < -0.3 is 18.1 Å². The average Bonchev–Trinajstić information content (AvgIpc) is 2.47. The molecule has 0 rings (SSSR count). The van der Waals surface area contributed by atoms with Crippen LogP contribution >= 0.6 is 0 Å². The Kier molecular flexibility index (Phi) is 17.2. The highest BCUT2D eigenvalue weighted by atomic mass is 32.3. The van der Waals surface area contributed by atoms with E-state index in [1.54, 1.807) is 0 Å². The van der Waals surface area contributed by atoms with Crippen LogP contribution < -0.4 is 0 Å². The van der Waals surface area contributed by atoms with Crippen molar-refractivity contribution in [2.75, 3.05) is 53.4 Å². The van der Waals surface area contributed by atoms with E-state index in [-0.39, 0.29) is 0 Å². The summed E-state index contributed by atoms with van der Waals surface area (Å²) < 4.78 is 36.1. The largest absolute Gasteiger partial charge is 0.759 e. The van der Waals surface area contributed by atoms with E-state index < -0.39 is 10.4 Å². The molecule has 0 aliphatic carbocycles. The van der Waals surface area contributed by atoms with E-state index in [1.165, 1.54) is 0 Å². The van der Waals surface area contributed by atoms with Gasteiger partial charge in [0.1, 0.15) is 0 Å². The molecule has 6 nitrogen and oxygen atoms in total. The molecule has 0 radical (unpaired) electrons. The first-order valence-electron chi connectivity index (χ1n) is 8.14. The van der Waals surface area contributed by atoms with Gasteiger partial charge in [-0.25, -0.2) is 0 Å². The Morgan fingerprint density at radius 1 is 0.720 bits per heavy atom. The Hall–Kier alpha value is -1.25. The van der Waals surface area contributed by atoms with Crippen molar-refractivity contribution in [3.05, 3.63) is 50.6 Å². The lowest BCUT2D eigenvalue weighted by Crippen LogP contribution is -2.43. The van der Waals surface area contributed by atoms with Crippen LogP contribution in [0.3, 0.4) is 0 Å². The zero-order chi connectivity index (χ0) is 20.6. The van der Waals surface area contributed by atoms with Crippen molar-refractivity contribution in [1.82, 2.24) is 0 Å². The van der Waals surface area contributed by atoms with Crippen LogP contribution in [0.15, 0.2) is 50.6 Å². The molecular formula is C18H36N2O4S. The predicted octanol–water partition coefficient (Wildman–Crippen LogP) is 2.31. The fourth-order valence-corrected chi connectivity index (χ4v) is 1.91. The molecule has 0 aromatic rings. The molecule has 0 saturated heterocycles. The fraction of sp³-hybridized carbons (Fsp3) is 0.556. The van der Waals surface area contributed by atoms with Crippen LogP contribution in [0.5, 0.6) is 0 Å². The summed E-state index contributed by atoms with van der Waals surface area (Å²) in [5, 5.41) is 0. The van der Waals surface area contributed by atoms with Crippen LogP contribution in [0.25, 0.3) is 0 Å². The minimum Gasteiger partial charge on any atom is -0.759 e. The Morgan fingerprint density at radius 2 is 0.880 bits per heavy atom. The smallest absolute Gasteiger partial charge is 0.0971 e. The van der Waals surface area contributed by atoms with Gasteiger partial charge in [0.2, 0.25) is 0 Å². The minimum atomic E-state index is -5.17. The Labute approximate surface area is 155 Å². The summed E-state index contributed by atoms with van der Waals surface area (Å²) in [4.78, 5) is 0. The van der Waals surface area contributed by atoms with E-state index in [0.29, 0.717) is 0 Å². The Bertz CT molecular complexity index is 429. The van der Waals surface area contributed by atoms with Crippen LogP contribution in [0.2, 0.25) is 0 Å². The lowest BCUT2D eigenvalue weighted by Gasteiger charge is -2.30. The second kappa shape index (κ2) is 15.0. The van der Waals surface area contributed by atoms with E-state index in [2.05, 4.69) is 54.3 Å². The van der Waals surface area contributed by atoms with Gasteiger partial charge in [0.15, 0.2) is 0 Å². The van der Waals surface area contributed by atoms with Crippen molar-refractivity contribution < 1.29 is 26.5 Å². The third-order valence-corrected chi connectivity index (χ3v) is 3.81. The van der Waals surface area contributed by atoms with E-state index in [0.717, 1.165) is 48.2 Å². The molecule has 0 heterocycles. The SMILES string of the molecule is C=CC[N+](C)(CC)CC=C.C=CC[N+](C)(CC)CC=C.O=S(=O)([O-])[O-]. The van der Waals surface area contributed by atoms with Gasteiger partial charge in [-0.05, 0) is 38.2 Å². The molecule has 0 bridgehead atoms. The molecule has 25 heavy (non-hydrogen) atoms. The second-order valence-electron chi connectivity index (χ2n) is 6.16. The number of nitrogens with zero attached hydrogens (tertiary/aromatic N) is 2. The zero-order valence-corrected chi connectivity index (χ0v) is 17.1. The molecule has 0 saturated carbocycles. The Morgan fingerprint density at radius 3 is 0.960 bits per heavy atom. The molecule has 148 valence electrons. The van der Waals surface area contributed by atoms with E-state index >= 15 is 0 Å². The van der Waals surface area contributed by atoms with Gasteiger partial charge >= 0.3 is 0 Å². The maximum absolute atomic E-state index is 8.52. The standard InChI is InChI=1S/2C9H18N.H2O4S/c2*1-5-8-10(4,7-3)9-6-2;1-5(2,3)4/h2*5-6H,1-2,7-9H2,3-4H3;(H2,1,2,3,4)/q2*+1;/p-2. The van der Waals surface area contributed by atoms with Gasteiger partial charge in [0, 0.05) is 10.4 Å². The number of hydrogen-bond donors (Lipinski definition) is 0. The van der Waals surface area contributed by atoms with Crippen molar-refractivity contribution in [3.63, 3.8) is 0 Å². The molecule has 0 aliphatic heterocycles. The molecule has 0 atom stereocenters. The van der Waals surface area contributed by atoms with Crippen molar-refractivity contribution in [3.8, 4) is 0 Å². The fourth-order valence-electron chi connectivity index (χ4n) is 1.91. The summed E-state index contributed by atoms with van der Waals surface area (Å²) in [6, 6.07) is 0.